The Morgan fingerprint density at radius 1 is 0.857 bits per heavy atom. The number of rotatable bonds is 8. The summed E-state index contributed by atoms with van der Waals surface area (Å²) in [5.41, 5.74) is 5.07. The van der Waals surface area contributed by atoms with E-state index in [1.807, 2.05) is 30.3 Å². The van der Waals surface area contributed by atoms with Crippen molar-refractivity contribution in [2.24, 2.45) is 5.10 Å². The molecule has 0 radical (unpaired) electrons. The number of para-hydroxylation sites is 1. The van der Waals surface area contributed by atoms with E-state index in [4.69, 9.17) is 18.6 Å². The lowest BCUT2D eigenvalue weighted by atomic mass is 10.1. The van der Waals surface area contributed by atoms with Crippen molar-refractivity contribution in [1.29, 1.82) is 0 Å². The van der Waals surface area contributed by atoms with Crippen molar-refractivity contribution in [3.8, 4) is 17.2 Å². The number of amides is 2. The summed E-state index contributed by atoms with van der Waals surface area (Å²) in [5.74, 6) is 0.684. The molecule has 0 bridgehead atoms. The molecule has 9 nitrogen and oxygen atoms in total. The standard InChI is InChI=1S/C26H25N3O6/c1-15(28-29-26(31)16-9-10-21(32-2)24(12-16)34-4)11-25(30)27-19-14-22-18(13-23(19)33-3)17-7-5-6-8-20(17)35-22/h5-10,12-14H,11H2,1-4H3,(H,27,30)(H,29,31). The van der Waals surface area contributed by atoms with Crippen LogP contribution in [0.25, 0.3) is 21.9 Å². The first-order chi connectivity index (χ1) is 16.9. The molecule has 0 saturated carbocycles. The van der Waals surface area contributed by atoms with Gasteiger partial charge in [-0.15, -0.1) is 0 Å². The maximum atomic E-state index is 12.6. The minimum absolute atomic E-state index is 0.0342. The number of hydrogen-bond acceptors (Lipinski definition) is 7. The quantitative estimate of drug-likeness (QED) is 0.281. The van der Waals surface area contributed by atoms with Crippen LogP contribution in [0.15, 0.2) is 64.1 Å². The third-order valence-electron chi connectivity index (χ3n) is 5.38. The normalized spacial score (nSPS) is 11.4. The van der Waals surface area contributed by atoms with Gasteiger partial charge >= 0.3 is 0 Å². The SMILES string of the molecule is COc1cc2c(cc1NC(=O)CC(C)=NNC(=O)c1ccc(OC)c(OC)c1)oc1ccccc12. The van der Waals surface area contributed by atoms with Crippen LogP contribution in [-0.2, 0) is 4.79 Å². The Morgan fingerprint density at radius 2 is 1.60 bits per heavy atom. The Morgan fingerprint density at radius 3 is 2.34 bits per heavy atom. The summed E-state index contributed by atoms with van der Waals surface area (Å²) in [4.78, 5) is 25.1. The Hall–Kier alpha value is -4.53. The molecular weight excluding hydrogens is 450 g/mol. The molecule has 4 aromatic rings. The largest absolute Gasteiger partial charge is 0.495 e. The number of ether oxygens (including phenoxy) is 3. The number of nitrogens with one attached hydrogen (secondary N) is 2. The summed E-state index contributed by atoms with van der Waals surface area (Å²) in [5, 5.41) is 8.72. The number of carbonyl (C=O) groups is 2. The summed E-state index contributed by atoms with van der Waals surface area (Å²) >= 11 is 0. The zero-order valence-corrected chi connectivity index (χ0v) is 19.8. The Balaban J connectivity index is 1.44. The van der Waals surface area contributed by atoms with Crippen LogP contribution < -0.4 is 25.0 Å². The number of nitrogens with zero attached hydrogens (tertiary/aromatic N) is 1. The highest BCUT2D eigenvalue weighted by Gasteiger charge is 2.15. The van der Waals surface area contributed by atoms with Crippen molar-refractivity contribution in [2.75, 3.05) is 26.6 Å². The summed E-state index contributed by atoms with van der Waals surface area (Å²) in [7, 11) is 4.54. The van der Waals surface area contributed by atoms with Gasteiger partial charge in [-0.3, -0.25) is 9.59 Å². The third kappa shape index (κ3) is 5.03. The second-order valence-electron chi connectivity index (χ2n) is 7.73. The van der Waals surface area contributed by atoms with Crippen LogP contribution in [0.2, 0.25) is 0 Å². The van der Waals surface area contributed by atoms with E-state index in [-0.39, 0.29) is 12.3 Å². The number of methoxy groups -OCH3 is 3. The van der Waals surface area contributed by atoms with Gasteiger partial charge in [-0.2, -0.15) is 5.10 Å². The van der Waals surface area contributed by atoms with Gasteiger partial charge in [0.25, 0.3) is 5.91 Å². The number of anilines is 1. The van der Waals surface area contributed by atoms with Gasteiger partial charge in [-0.25, -0.2) is 5.43 Å². The second kappa shape index (κ2) is 10.2. The lowest BCUT2D eigenvalue weighted by Gasteiger charge is -2.11. The first-order valence-electron chi connectivity index (χ1n) is 10.8. The molecule has 0 spiro atoms. The van der Waals surface area contributed by atoms with E-state index in [0.29, 0.717) is 39.8 Å². The van der Waals surface area contributed by atoms with Crippen LogP contribution >= 0.6 is 0 Å². The number of carbonyl (C=O) groups excluding carboxylic acids is 2. The number of hydrogen-bond donors (Lipinski definition) is 2. The zero-order chi connectivity index (χ0) is 24.9. The van der Waals surface area contributed by atoms with Crippen molar-refractivity contribution < 1.29 is 28.2 Å². The number of furan rings is 1. The predicted octanol–water partition coefficient (Wildman–Crippen LogP) is 4.75. The van der Waals surface area contributed by atoms with E-state index >= 15 is 0 Å². The van der Waals surface area contributed by atoms with Crippen LogP contribution in [0.4, 0.5) is 5.69 Å². The average Bonchev–Trinajstić information content (AvgIpc) is 3.23. The molecule has 2 N–H and O–H groups in total. The van der Waals surface area contributed by atoms with Crippen molar-refractivity contribution in [2.45, 2.75) is 13.3 Å². The molecule has 0 aliphatic heterocycles. The Kier molecular flexibility index (Phi) is 6.86. The van der Waals surface area contributed by atoms with E-state index in [2.05, 4.69) is 15.8 Å². The fourth-order valence-corrected chi connectivity index (χ4v) is 3.67. The average molecular weight is 476 g/mol. The van der Waals surface area contributed by atoms with Crippen LogP contribution in [-0.4, -0.2) is 38.9 Å². The molecule has 0 fully saturated rings. The lowest BCUT2D eigenvalue weighted by molar-refractivity contribution is -0.115. The highest BCUT2D eigenvalue weighted by Crippen LogP contribution is 2.36. The van der Waals surface area contributed by atoms with E-state index in [9.17, 15) is 9.59 Å². The predicted molar refractivity (Wildman–Crippen MR) is 134 cm³/mol. The maximum absolute atomic E-state index is 12.6. The van der Waals surface area contributed by atoms with Crippen molar-refractivity contribution in [1.82, 2.24) is 5.43 Å². The number of fused-ring (bicyclic) bond motifs is 3. The van der Waals surface area contributed by atoms with Crippen LogP contribution in [0.5, 0.6) is 17.2 Å². The van der Waals surface area contributed by atoms with Gasteiger partial charge in [-0.05, 0) is 37.3 Å². The molecule has 0 aliphatic rings. The molecule has 2 amide bonds. The van der Waals surface area contributed by atoms with E-state index in [0.717, 1.165) is 16.4 Å². The van der Waals surface area contributed by atoms with E-state index in [1.54, 1.807) is 31.2 Å². The summed E-state index contributed by atoms with van der Waals surface area (Å²) in [6.45, 7) is 1.65. The van der Waals surface area contributed by atoms with Gasteiger partial charge < -0.3 is 23.9 Å². The van der Waals surface area contributed by atoms with Gasteiger partial charge in [-0.1, -0.05) is 18.2 Å². The summed E-state index contributed by atoms with van der Waals surface area (Å²) in [6, 6.07) is 16.0. The lowest BCUT2D eigenvalue weighted by Crippen LogP contribution is -2.21. The molecule has 9 heteroatoms. The van der Waals surface area contributed by atoms with Crippen LogP contribution in [0.1, 0.15) is 23.7 Å². The second-order valence-corrected chi connectivity index (χ2v) is 7.73. The molecule has 4 rings (SSSR count). The Bertz CT molecular complexity index is 1440. The van der Waals surface area contributed by atoms with E-state index in [1.165, 1.54) is 21.3 Å². The first kappa shape index (κ1) is 23.6. The van der Waals surface area contributed by atoms with Crippen molar-refractivity contribution in [3.05, 3.63) is 60.2 Å². The number of hydrazone groups is 1. The minimum atomic E-state index is -0.442. The smallest absolute Gasteiger partial charge is 0.271 e. The summed E-state index contributed by atoms with van der Waals surface area (Å²) in [6.07, 6.45) is -0.0342. The molecule has 1 aromatic heterocycles. The summed E-state index contributed by atoms with van der Waals surface area (Å²) < 4.78 is 21.8. The molecule has 180 valence electrons. The maximum Gasteiger partial charge on any atom is 0.271 e. The monoisotopic (exact) mass is 475 g/mol. The molecule has 35 heavy (non-hydrogen) atoms. The molecular formula is C26H25N3O6. The van der Waals surface area contributed by atoms with Gasteiger partial charge in [0.2, 0.25) is 5.91 Å². The molecule has 0 atom stereocenters. The van der Waals surface area contributed by atoms with Crippen molar-refractivity contribution >= 4 is 45.2 Å². The topological polar surface area (TPSA) is 111 Å². The van der Waals surface area contributed by atoms with Crippen LogP contribution in [0.3, 0.4) is 0 Å². The van der Waals surface area contributed by atoms with E-state index < -0.39 is 5.91 Å². The first-order valence-corrected chi connectivity index (χ1v) is 10.8. The molecule has 0 unspecified atom stereocenters. The highest BCUT2D eigenvalue weighted by molar-refractivity contribution is 6.10. The molecule has 0 saturated heterocycles. The fourth-order valence-electron chi connectivity index (χ4n) is 3.67. The molecule has 0 aliphatic carbocycles. The Labute approximate surface area is 201 Å². The number of benzene rings is 3. The van der Waals surface area contributed by atoms with Gasteiger partial charge in [0, 0.05) is 28.1 Å². The third-order valence-corrected chi connectivity index (χ3v) is 5.38. The van der Waals surface area contributed by atoms with Gasteiger partial charge in [0.05, 0.1) is 33.4 Å². The zero-order valence-electron chi connectivity index (χ0n) is 19.8. The van der Waals surface area contributed by atoms with Crippen molar-refractivity contribution in [3.63, 3.8) is 0 Å². The molecule has 1 heterocycles. The van der Waals surface area contributed by atoms with Gasteiger partial charge in [0.15, 0.2) is 11.5 Å². The minimum Gasteiger partial charge on any atom is -0.495 e. The van der Waals surface area contributed by atoms with Gasteiger partial charge in [0.1, 0.15) is 16.9 Å². The van der Waals surface area contributed by atoms with Crippen LogP contribution in [0, 0.1) is 0 Å². The molecule has 3 aromatic carbocycles. The fraction of sp³-hybridized carbons (Fsp3) is 0.192. The highest BCUT2D eigenvalue weighted by atomic mass is 16.5.